The van der Waals surface area contributed by atoms with E-state index in [1.54, 1.807) is 7.05 Å². The second kappa shape index (κ2) is 8.78. The summed E-state index contributed by atoms with van der Waals surface area (Å²) in [6, 6.07) is 3.86. The normalized spacial score (nSPS) is 21.4. The monoisotopic (exact) mass is 436 g/mol. The van der Waals surface area contributed by atoms with Gasteiger partial charge in [0.2, 0.25) is 0 Å². The van der Waals surface area contributed by atoms with Crippen molar-refractivity contribution in [1.82, 2.24) is 30.8 Å². The van der Waals surface area contributed by atoms with Crippen molar-refractivity contribution in [3.63, 3.8) is 0 Å². The molecule has 4 heterocycles. The summed E-state index contributed by atoms with van der Waals surface area (Å²) in [5, 5.41) is 9.57. The lowest BCUT2D eigenvalue weighted by Crippen LogP contribution is -2.60. The van der Waals surface area contributed by atoms with Gasteiger partial charge in [-0.3, -0.25) is 14.6 Å². The molecule has 0 unspecified atom stereocenters. The molecule has 0 bridgehead atoms. The molecule has 0 aromatic carbocycles. The number of aromatic amines is 1. The number of carbonyl (C=O) groups excluding carboxylic acids is 1. The molecule has 1 saturated heterocycles. The van der Waals surface area contributed by atoms with Crippen molar-refractivity contribution in [3.05, 3.63) is 62.9 Å². The number of nitrogens with one attached hydrogen (secondary N) is 4. The van der Waals surface area contributed by atoms with Crippen LogP contribution in [0.5, 0.6) is 0 Å². The molecule has 4 N–H and O–H groups in total. The fraction of sp³-hybridized carbons (Fsp3) is 0.458. The van der Waals surface area contributed by atoms with E-state index < -0.39 is 5.54 Å². The number of hydrogen-bond donors (Lipinski definition) is 4. The lowest BCUT2D eigenvalue weighted by Gasteiger charge is -2.44. The Hall–Kier alpha value is -3.13. The van der Waals surface area contributed by atoms with Crippen LogP contribution in [0.4, 0.5) is 0 Å². The molecule has 0 spiro atoms. The van der Waals surface area contributed by atoms with Crippen molar-refractivity contribution < 1.29 is 4.79 Å². The van der Waals surface area contributed by atoms with Crippen LogP contribution in [-0.4, -0.2) is 59.5 Å². The van der Waals surface area contributed by atoms with Crippen LogP contribution >= 0.6 is 0 Å². The first-order valence-corrected chi connectivity index (χ1v) is 11.2. The Kier molecular flexibility index (Phi) is 6.06. The van der Waals surface area contributed by atoms with Gasteiger partial charge in [0.05, 0.1) is 16.7 Å². The van der Waals surface area contributed by atoms with Gasteiger partial charge in [-0.15, -0.1) is 0 Å². The van der Waals surface area contributed by atoms with Crippen molar-refractivity contribution in [2.75, 3.05) is 33.2 Å². The SMILES string of the molecule is CCc1cc2ncc(CC3=C(N4CCNCC4)[C@@](C)(C(=O)NC)NC=C3C)cc2[nH]c1=O. The predicted molar refractivity (Wildman–Crippen MR) is 126 cm³/mol. The largest absolute Gasteiger partial charge is 0.372 e. The van der Waals surface area contributed by atoms with Crippen LogP contribution in [0, 0.1) is 0 Å². The van der Waals surface area contributed by atoms with E-state index in [1.165, 1.54) is 0 Å². The van der Waals surface area contributed by atoms with Gasteiger partial charge in [0, 0.05) is 57.6 Å². The molecule has 2 aromatic rings. The average molecular weight is 437 g/mol. The summed E-state index contributed by atoms with van der Waals surface area (Å²) >= 11 is 0. The Morgan fingerprint density at radius 3 is 2.72 bits per heavy atom. The van der Waals surface area contributed by atoms with Crippen molar-refractivity contribution in [2.45, 2.75) is 39.2 Å². The molecule has 0 saturated carbocycles. The number of rotatable bonds is 5. The molecule has 1 atom stereocenters. The van der Waals surface area contributed by atoms with Gasteiger partial charge in [-0.25, -0.2) is 0 Å². The molecule has 1 amide bonds. The van der Waals surface area contributed by atoms with Crippen LogP contribution in [0.2, 0.25) is 0 Å². The number of nitrogens with zero attached hydrogens (tertiary/aromatic N) is 2. The minimum Gasteiger partial charge on any atom is -0.372 e. The number of fused-ring (bicyclic) bond motifs is 1. The van der Waals surface area contributed by atoms with Crippen LogP contribution < -0.4 is 21.5 Å². The number of aryl methyl sites for hydroxylation is 1. The van der Waals surface area contributed by atoms with Crippen molar-refractivity contribution >= 4 is 16.9 Å². The minimum atomic E-state index is -0.866. The summed E-state index contributed by atoms with van der Waals surface area (Å²) in [4.78, 5) is 35.2. The molecule has 1 fully saturated rings. The Labute approximate surface area is 188 Å². The summed E-state index contributed by atoms with van der Waals surface area (Å²) in [6.07, 6.45) is 5.09. The number of pyridine rings is 2. The van der Waals surface area contributed by atoms with E-state index in [-0.39, 0.29) is 11.5 Å². The van der Waals surface area contributed by atoms with Gasteiger partial charge in [-0.1, -0.05) is 6.92 Å². The maximum absolute atomic E-state index is 13.0. The van der Waals surface area contributed by atoms with Crippen molar-refractivity contribution in [3.8, 4) is 0 Å². The molecule has 0 radical (unpaired) electrons. The number of piperazine rings is 1. The molecule has 8 heteroatoms. The van der Waals surface area contributed by atoms with Crippen LogP contribution in [0.25, 0.3) is 11.0 Å². The lowest BCUT2D eigenvalue weighted by atomic mass is 9.83. The number of H-pyrrole nitrogens is 1. The van der Waals surface area contributed by atoms with Gasteiger partial charge in [0.25, 0.3) is 11.5 Å². The number of allylic oxidation sites excluding steroid dienone is 2. The zero-order valence-electron chi connectivity index (χ0n) is 19.3. The van der Waals surface area contributed by atoms with Gasteiger partial charge in [0.1, 0.15) is 0 Å². The summed E-state index contributed by atoms with van der Waals surface area (Å²) in [5.41, 5.74) is 5.54. The first-order chi connectivity index (χ1) is 15.4. The second-order valence-electron chi connectivity index (χ2n) is 8.67. The van der Waals surface area contributed by atoms with E-state index >= 15 is 0 Å². The maximum atomic E-state index is 13.0. The van der Waals surface area contributed by atoms with Gasteiger partial charge < -0.3 is 25.8 Å². The highest BCUT2D eigenvalue weighted by atomic mass is 16.2. The second-order valence-corrected chi connectivity index (χ2v) is 8.67. The maximum Gasteiger partial charge on any atom is 0.251 e. The van der Waals surface area contributed by atoms with E-state index in [2.05, 4.69) is 37.7 Å². The summed E-state index contributed by atoms with van der Waals surface area (Å²) in [6.45, 7) is 9.40. The number of hydrogen-bond acceptors (Lipinski definition) is 6. The standard InChI is InChI=1S/C24H32N6O2/c1-5-17-12-19-20(29-22(17)31)11-16(14-27-19)10-18-15(2)13-28-24(3,23(32)25-4)21(18)30-8-6-26-7-9-30/h11-14,26,28H,5-10H2,1-4H3,(H,25,32)(H,29,31)/t24-/m0/s1. The van der Waals surface area contributed by atoms with Crippen LogP contribution in [-0.2, 0) is 17.6 Å². The first-order valence-electron chi connectivity index (χ1n) is 11.2. The zero-order chi connectivity index (χ0) is 22.9. The number of aromatic nitrogens is 2. The van der Waals surface area contributed by atoms with Gasteiger partial charge >= 0.3 is 0 Å². The van der Waals surface area contributed by atoms with Crippen LogP contribution in [0.1, 0.15) is 31.9 Å². The average Bonchev–Trinajstić information content (AvgIpc) is 2.81. The predicted octanol–water partition coefficient (Wildman–Crippen LogP) is 1.20. The Bertz CT molecular complexity index is 1160. The first kappa shape index (κ1) is 22.1. The number of likely N-dealkylation sites (N-methyl/N-ethyl adjacent to an activating group) is 1. The van der Waals surface area contributed by atoms with E-state index in [4.69, 9.17) is 0 Å². The topological polar surface area (TPSA) is 102 Å². The molecule has 4 rings (SSSR count). The smallest absolute Gasteiger partial charge is 0.251 e. The molecule has 2 aliphatic rings. The number of dihydropyridines is 1. The quantitative estimate of drug-likeness (QED) is 0.562. The fourth-order valence-corrected chi connectivity index (χ4v) is 4.67. The van der Waals surface area contributed by atoms with Crippen molar-refractivity contribution in [1.29, 1.82) is 0 Å². The molecule has 170 valence electrons. The third kappa shape index (κ3) is 3.90. The third-order valence-corrected chi connectivity index (χ3v) is 6.51. The molecule has 0 aliphatic carbocycles. The summed E-state index contributed by atoms with van der Waals surface area (Å²) in [5.74, 6) is -0.0691. The fourth-order valence-electron chi connectivity index (χ4n) is 4.67. The zero-order valence-corrected chi connectivity index (χ0v) is 19.3. The van der Waals surface area contributed by atoms with E-state index in [0.29, 0.717) is 12.8 Å². The lowest BCUT2D eigenvalue weighted by molar-refractivity contribution is -0.125. The molecular weight excluding hydrogens is 404 g/mol. The van der Waals surface area contributed by atoms with Crippen LogP contribution in [0.15, 0.2) is 46.2 Å². The number of amides is 1. The van der Waals surface area contributed by atoms with Gasteiger partial charge in [-0.2, -0.15) is 0 Å². The van der Waals surface area contributed by atoms with E-state index in [9.17, 15) is 9.59 Å². The Morgan fingerprint density at radius 1 is 1.28 bits per heavy atom. The van der Waals surface area contributed by atoms with Crippen molar-refractivity contribution in [2.24, 2.45) is 0 Å². The Morgan fingerprint density at radius 2 is 2.03 bits per heavy atom. The molecule has 2 aromatic heterocycles. The van der Waals surface area contributed by atoms with Gasteiger partial charge in [-0.05, 0) is 49.1 Å². The molecule has 8 nitrogen and oxygen atoms in total. The summed E-state index contributed by atoms with van der Waals surface area (Å²) in [7, 11) is 1.67. The molecule has 2 aliphatic heterocycles. The molecular formula is C24H32N6O2. The van der Waals surface area contributed by atoms with Crippen LogP contribution in [0.3, 0.4) is 0 Å². The summed E-state index contributed by atoms with van der Waals surface area (Å²) < 4.78 is 0. The highest BCUT2D eigenvalue weighted by Crippen LogP contribution is 2.34. The minimum absolute atomic E-state index is 0.0650. The Balaban J connectivity index is 1.81. The third-order valence-electron chi connectivity index (χ3n) is 6.51. The number of carbonyl (C=O) groups is 1. The van der Waals surface area contributed by atoms with Gasteiger partial charge in [0.15, 0.2) is 5.54 Å². The highest BCUT2D eigenvalue weighted by Gasteiger charge is 2.43. The highest BCUT2D eigenvalue weighted by molar-refractivity contribution is 5.90. The van der Waals surface area contributed by atoms with E-state index in [0.717, 1.165) is 65.2 Å². The molecule has 32 heavy (non-hydrogen) atoms. The van der Waals surface area contributed by atoms with E-state index in [1.807, 2.05) is 38.4 Å².